The highest BCUT2D eigenvalue weighted by molar-refractivity contribution is 7.08. The molecular formula is C18H20N4O2S. The van der Waals surface area contributed by atoms with E-state index in [0.29, 0.717) is 44.1 Å². The van der Waals surface area contributed by atoms with Crippen molar-refractivity contribution < 1.29 is 9.53 Å². The number of carbonyl (C=O) groups is 1. The summed E-state index contributed by atoms with van der Waals surface area (Å²) in [6.45, 7) is 2.65. The van der Waals surface area contributed by atoms with Crippen LogP contribution >= 0.6 is 11.3 Å². The van der Waals surface area contributed by atoms with Crippen LogP contribution < -0.4 is 5.73 Å². The first-order valence-electron chi connectivity index (χ1n) is 8.53. The monoisotopic (exact) mass is 356 g/mol. The van der Waals surface area contributed by atoms with Crippen molar-refractivity contribution in [1.82, 2.24) is 10.0 Å². The largest absolute Gasteiger partial charge is 0.383 e. The standard InChI is InChI=1S/C18H20N4O2S/c19-10-13-16(12-4-9-25-11-12)17-14(2-1-3-15(17)23)22(18(13)20)21-5-7-24-8-6-21/h4,9,11,16H,1-3,5-8,20H2. The Hall–Kier alpha value is -2.14. The summed E-state index contributed by atoms with van der Waals surface area (Å²) >= 11 is 1.57. The van der Waals surface area contributed by atoms with E-state index in [2.05, 4.69) is 11.1 Å². The van der Waals surface area contributed by atoms with Gasteiger partial charge in [0.2, 0.25) is 0 Å². The zero-order valence-corrected chi connectivity index (χ0v) is 14.7. The van der Waals surface area contributed by atoms with Gasteiger partial charge in [-0.2, -0.15) is 16.6 Å². The lowest BCUT2D eigenvalue weighted by Crippen LogP contribution is -2.52. The number of nitrogens with two attached hydrogens (primary N) is 1. The van der Waals surface area contributed by atoms with E-state index in [1.807, 2.05) is 21.8 Å². The van der Waals surface area contributed by atoms with Crippen LogP contribution in [-0.4, -0.2) is 42.1 Å². The average molecular weight is 356 g/mol. The number of ketones is 1. The van der Waals surface area contributed by atoms with Gasteiger partial charge in [-0.3, -0.25) is 9.80 Å². The van der Waals surface area contributed by atoms with Crippen LogP contribution in [0.4, 0.5) is 0 Å². The van der Waals surface area contributed by atoms with Crippen molar-refractivity contribution >= 4 is 17.1 Å². The summed E-state index contributed by atoms with van der Waals surface area (Å²) in [5.74, 6) is 0.251. The predicted molar refractivity (Wildman–Crippen MR) is 94.0 cm³/mol. The lowest BCUT2D eigenvalue weighted by molar-refractivity contribution is -0.117. The molecule has 4 rings (SSSR count). The summed E-state index contributed by atoms with van der Waals surface area (Å²) < 4.78 is 5.44. The molecule has 130 valence electrons. The number of allylic oxidation sites excluding steroid dienone is 3. The number of ether oxygens (including phenoxy) is 1. The molecule has 1 aromatic rings. The summed E-state index contributed by atoms with van der Waals surface area (Å²) in [7, 11) is 0. The normalized spacial score (nSPS) is 25.2. The number of nitriles is 1. The van der Waals surface area contributed by atoms with E-state index in [4.69, 9.17) is 10.5 Å². The average Bonchev–Trinajstić information content (AvgIpc) is 3.16. The fraction of sp³-hybridized carbons (Fsp3) is 0.444. The molecule has 7 heteroatoms. The fourth-order valence-electron chi connectivity index (χ4n) is 3.92. The number of nitrogens with zero attached hydrogens (tertiary/aromatic N) is 3. The van der Waals surface area contributed by atoms with E-state index in [-0.39, 0.29) is 11.7 Å². The van der Waals surface area contributed by atoms with E-state index < -0.39 is 0 Å². The minimum atomic E-state index is -0.337. The summed E-state index contributed by atoms with van der Waals surface area (Å²) in [5, 5.41) is 17.8. The number of Topliss-reactive ketones (excluding diaryl/α,β-unsaturated/α-hetero) is 1. The second kappa shape index (κ2) is 6.64. The highest BCUT2D eigenvalue weighted by atomic mass is 32.1. The van der Waals surface area contributed by atoms with E-state index in [0.717, 1.165) is 29.7 Å². The summed E-state index contributed by atoms with van der Waals surface area (Å²) in [6, 6.07) is 4.27. The molecule has 1 aliphatic carbocycles. The maximum Gasteiger partial charge on any atom is 0.161 e. The Labute approximate surface area is 150 Å². The van der Waals surface area contributed by atoms with Crippen LogP contribution in [0.25, 0.3) is 0 Å². The van der Waals surface area contributed by atoms with Crippen LogP contribution in [0.1, 0.15) is 30.7 Å². The molecule has 0 radical (unpaired) electrons. The van der Waals surface area contributed by atoms with Crippen molar-refractivity contribution in [3.8, 4) is 6.07 Å². The number of carbonyl (C=O) groups excluding carboxylic acids is 1. The van der Waals surface area contributed by atoms with Crippen LogP contribution in [0.15, 0.2) is 39.5 Å². The number of hydrogen-bond acceptors (Lipinski definition) is 7. The molecule has 0 amide bonds. The smallest absolute Gasteiger partial charge is 0.161 e. The predicted octanol–water partition coefficient (Wildman–Crippen LogP) is 2.10. The Balaban J connectivity index is 1.87. The van der Waals surface area contributed by atoms with Crippen molar-refractivity contribution in [2.45, 2.75) is 25.2 Å². The van der Waals surface area contributed by atoms with Gasteiger partial charge in [-0.05, 0) is 35.2 Å². The molecule has 2 aliphatic heterocycles. The van der Waals surface area contributed by atoms with Crippen molar-refractivity contribution in [2.75, 3.05) is 26.3 Å². The van der Waals surface area contributed by atoms with Crippen LogP contribution in [0, 0.1) is 11.3 Å². The SMILES string of the molecule is N#CC1=C(N)N(N2CCOCC2)C2=C(C(=O)CCC2)C1c1ccsc1. The Morgan fingerprint density at radius 3 is 2.80 bits per heavy atom. The summed E-state index contributed by atoms with van der Waals surface area (Å²) in [4.78, 5) is 12.8. The molecule has 0 bridgehead atoms. The molecular weight excluding hydrogens is 336 g/mol. The van der Waals surface area contributed by atoms with E-state index in [9.17, 15) is 10.1 Å². The molecule has 1 saturated heterocycles. The first kappa shape index (κ1) is 16.3. The third-order valence-electron chi connectivity index (χ3n) is 5.03. The quantitative estimate of drug-likeness (QED) is 0.874. The van der Waals surface area contributed by atoms with E-state index in [1.54, 1.807) is 11.3 Å². The van der Waals surface area contributed by atoms with Gasteiger partial charge < -0.3 is 10.5 Å². The number of hydrogen-bond donors (Lipinski definition) is 1. The second-order valence-corrected chi connectivity index (χ2v) is 7.20. The highest BCUT2D eigenvalue weighted by Gasteiger charge is 2.41. The molecule has 1 unspecified atom stereocenters. The van der Waals surface area contributed by atoms with Crippen LogP contribution in [0.2, 0.25) is 0 Å². The highest BCUT2D eigenvalue weighted by Crippen LogP contribution is 2.45. The molecule has 0 spiro atoms. The zero-order chi connectivity index (χ0) is 17.4. The Morgan fingerprint density at radius 2 is 2.12 bits per heavy atom. The van der Waals surface area contributed by atoms with Crippen molar-refractivity contribution in [3.63, 3.8) is 0 Å². The third kappa shape index (κ3) is 2.67. The minimum absolute atomic E-state index is 0.135. The third-order valence-corrected chi connectivity index (χ3v) is 5.73. The van der Waals surface area contributed by atoms with Gasteiger partial charge in [0.1, 0.15) is 5.82 Å². The van der Waals surface area contributed by atoms with Crippen LogP contribution in [0.5, 0.6) is 0 Å². The van der Waals surface area contributed by atoms with Gasteiger partial charge >= 0.3 is 0 Å². The van der Waals surface area contributed by atoms with Gasteiger partial charge in [-0.15, -0.1) is 0 Å². The topological polar surface area (TPSA) is 82.6 Å². The Morgan fingerprint density at radius 1 is 1.32 bits per heavy atom. The fourth-order valence-corrected chi connectivity index (χ4v) is 4.60. The molecule has 0 aromatic carbocycles. The number of rotatable bonds is 2. The number of thiophene rings is 1. The number of hydrazine groups is 1. The molecule has 1 aromatic heterocycles. The van der Waals surface area contributed by atoms with Gasteiger partial charge in [0.05, 0.1) is 30.8 Å². The van der Waals surface area contributed by atoms with E-state index in [1.165, 1.54) is 0 Å². The molecule has 3 aliphatic rings. The number of morpholine rings is 1. The molecule has 25 heavy (non-hydrogen) atoms. The van der Waals surface area contributed by atoms with Crippen LogP contribution in [0.3, 0.4) is 0 Å². The molecule has 1 atom stereocenters. The Bertz CT molecular complexity index is 784. The summed E-state index contributed by atoms with van der Waals surface area (Å²) in [6.07, 6.45) is 2.16. The second-order valence-electron chi connectivity index (χ2n) is 6.42. The van der Waals surface area contributed by atoms with Gasteiger partial charge in [0.15, 0.2) is 5.78 Å². The van der Waals surface area contributed by atoms with Gasteiger partial charge in [0.25, 0.3) is 0 Å². The summed E-state index contributed by atoms with van der Waals surface area (Å²) in [5.41, 5.74) is 9.64. The van der Waals surface area contributed by atoms with E-state index >= 15 is 0 Å². The molecule has 1 fully saturated rings. The first-order chi connectivity index (χ1) is 12.2. The van der Waals surface area contributed by atoms with Crippen LogP contribution in [-0.2, 0) is 9.53 Å². The van der Waals surface area contributed by atoms with Crippen molar-refractivity contribution in [1.29, 1.82) is 5.26 Å². The van der Waals surface area contributed by atoms with Gasteiger partial charge in [-0.1, -0.05) is 0 Å². The van der Waals surface area contributed by atoms with Crippen molar-refractivity contribution in [2.24, 2.45) is 5.73 Å². The minimum Gasteiger partial charge on any atom is -0.383 e. The lowest BCUT2D eigenvalue weighted by atomic mass is 9.77. The molecule has 0 saturated carbocycles. The maximum absolute atomic E-state index is 12.8. The maximum atomic E-state index is 12.8. The first-order valence-corrected chi connectivity index (χ1v) is 9.47. The zero-order valence-electron chi connectivity index (χ0n) is 13.9. The van der Waals surface area contributed by atoms with Crippen molar-refractivity contribution in [3.05, 3.63) is 45.1 Å². The van der Waals surface area contributed by atoms with Gasteiger partial charge in [0, 0.05) is 30.8 Å². The van der Waals surface area contributed by atoms with Gasteiger partial charge in [-0.25, -0.2) is 5.01 Å². The molecule has 2 N–H and O–H groups in total. The molecule has 6 nitrogen and oxygen atoms in total. The Kier molecular flexibility index (Phi) is 4.34. The molecule has 3 heterocycles. The lowest BCUT2D eigenvalue weighted by Gasteiger charge is -2.45.